The fourth-order valence-electron chi connectivity index (χ4n) is 2.41. The van der Waals surface area contributed by atoms with Gasteiger partial charge in [0.25, 0.3) is 5.91 Å². The molecule has 1 aliphatic rings. The van der Waals surface area contributed by atoms with Crippen molar-refractivity contribution >= 4 is 11.9 Å². The second kappa shape index (κ2) is 5.26. The first-order valence-electron chi connectivity index (χ1n) is 6.98. The fourth-order valence-corrected chi connectivity index (χ4v) is 2.41. The van der Waals surface area contributed by atoms with Gasteiger partial charge < -0.3 is 10.4 Å². The number of H-pyrrole nitrogens is 1. The number of nitrogens with one attached hydrogen (secondary N) is 2. The lowest BCUT2D eigenvalue weighted by atomic mass is 9.88. The number of carbonyl (C=O) groups excluding carboxylic acids is 1. The Labute approximate surface area is 118 Å². The Morgan fingerprint density at radius 2 is 2.00 bits per heavy atom. The lowest BCUT2D eigenvalue weighted by Gasteiger charge is -2.30. The van der Waals surface area contributed by atoms with E-state index in [9.17, 15) is 14.7 Å². The van der Waals surface area contributed by atoms with E-state index in [-0.39, 0.29) is 5.92 Å². The number of carbonyl (C=O) groups is 2. The third-order valence-electron chi connectivity index (χ3n) is 4.24. The van der Waals surface area contributed by atoms with Gasteiger partial charge in [-0.25, -0.2) is 4.79 Å². The molecule has 6 heteroatoms. The van der Waals surface area contributed by atoms with Gasteiger partial charge in [-0.3, -0.25) is 9.89 Å². The smallest absolute Gasteiger partial charge is 0.329 e. The number of aromatic nitrogens is 2. The van der Waals surface area contributed by atoms with Crippen molar-refractivity contribution in [2.75, 3.05) is 0 Å². The fraction of sp³-hybridized carbons (Fsp3) is 0.643. The zero-order valence-electron chi connectivity index (χ0n) is 12.1. The van der Waals surface area contributed by atoms with Crippen LogP contribution in [0.2, 0.25) is 0 Å². The van der Waals surface area contributed by atoms with E-state index in [1.165, 1.54) is 6.92 Å². The summed E-state index contributed by atoms with van der Waals surface area (Å²) in [5.41, 5.74) is 0.985. The molecule has 0 aromatic carbocycles. The van der Waals surface area contributed by atoms with Crippen LogP contribution in [0.1, 0.15) is 55.4 Å². The molecule has 6 nitrogen and oxygen atoms in total. The van der Waals surface area contributed by atoms with Gasteiger partial charge in [0, 0.05) is 11.3 Å². The number of fused-ring (bicyclic) bond motifs is 1. The summed E-state index contributed by atoms with van der Waals surface area (Å²) in [5, 5.41) is 18.9. The Kier molecular flexibility index (Phi) is 3.83. The molecule has 3 N–H and O–H groups in total. The van der Waals surface area contributed by atoms with Gasteiger partial charge in [0.2, 0.25) is 0 Å². The third kappa shape index (κ3) is 2.42. The van der Waals surface area contributed by atoms with Gasteiger partial charge in [0.1, 0.15) is 5.54 Å². The number of aromatic amines is 1. The number of rotatable bonds is 4. The first-order chi connectivity index (χ1) is 9.36. The normalized spacial score (nSPS) is 17.4. The van der Waals surface area contributed by atoms with Crippen LogP contribution in [0.5, 0.6) is 0 Å². The molecule has 1 aromatic heterocycles. The molecule has 0 saturated carbocycles. The minimum absolute atomic E-state index is 0.223. The van der Waals surface area contributed by atoms with Crippen molar-refractivity contribution in [1.82, 2.24) is 15.5 Å². The van der Waals surface area contributed by atoms with Crippen LogP contribution in [-0.2, 0) is 17.6 Å². The van der Waals surface area contributed by atoms with E-state index in [1.54, 1.807) is 13.8 Å². The summed E-state index contributed by atoms with van der Waals surface area (Å²) in [6.07, 6.45) is 3.85. The van der Waals surface area contributed by atoms with Gasteiger partial charge in [-0.2, -0.15) is 5.10 Å². The van der Waals surface area contributed by atoms with E-state index in [0.717, 1.165) is 36.9 Å². The van der Waals surface area contributed by atoms with Crippen LogP contribution in [-0.4, -0.2) is 32.7 Å². The maximum atomic E-state index is 12.3. The third-order valence-corrected chi connectivity index (χ3v) is 4.24. The number of aryl methyl sites for hydroxylation is 1. The quantitative estimate of drug-likeness (QED) is 0.778. The standard InChI is InChI=1S/C14H21N3O3/c1-8(2)14(3,13(19)20)15-12(18)11-9-6-4-5-7-10(9)16-17-11/h8H,4-7H2,1-3H3,(H,15,18)(H,16,17)(H,19,20). The molecule has 0 spiro atoms. The van der Waals surface area contributed by atoms with Crippen molar-refractivity contribution in [2.45, 2.75) is 52.0 Å². The van der Waals surface area contributed by atoms with Crippen molar-refractivity contribution in [1.29, 1.82) is 0 Å². The highest BCUT2D eigenvalue weighted by atomic mass is 16.4. The van der Waals surface area contributed by atoms with Gasteiger partial charge in [-0.1, -0.05) is 13.8 Å². The second-order valence-corrected chi connectivity index (χ2v) is 5.85. The lowest BCUT2D eigenvalue weighted by molar-refractivity contribution is -0.145. The highest BCUT2D eigenvalue weighted by molar-refractivity contribution is 5.97. The number of amides is 1. The minimum Gasteiger partial charge on any atom is -0.480 e. The molecule has 1 unspecified atom stereocenters. The van der Waals surface area contributed by atoms with E-state index in [1.807, 2.05) is 0 Å². The number of aliphatic carboxylic acids is 1. The largest absolute Gasteiger partial charge is 0.480 e. The molecule has 20 heavy (non-hydrogen) atoms. The predicted molar refractivity (Wildman–Crippen MR) is 73.6 cm³/mol. The van der Waals surface area contributed by atoms with Crippen LogP contribution in [0.15, 0.2) is 0 Å². The van der Waals surface area contributed by atoms with Crippen molar-refractivity contribution in [2.24, 2.45) is 5.92 Å². The number of hydrogen-bond acceptors (Lipinski definition) is 3. The Hall–Kier alpha value is -1.85. The SMILES string of the molecule is CC(C)C(C)(NC(=O)c1n[nH]c2c1CCCC2)C(=O)O. The first kappa shape index (κ1) is 14.6. The molecule has 1 atom stereocenters. The van der Waals surface area contributed by atoms with Crippen LogP contribution in [0, 0.1) is 5.92 Å². The van der Waals surface area contributed by atoms with Crippen LogP contribution < -0.4 is 5.32 Å². The van der Waals surface area contributed by atoms with Crippen molar-refractivity contribution in [3.05, 3.63) is 17.0 Å². The maximum Gasteiger partial charge on any atom is 0.329 e. The topological polar surface area (TPSA) is 95.1 Å². The van der Waals surface area contributed by atoms with Gasteiger partial charge in [0.05, 0.1) is 0 Å². The molecule has 0 bridgehead atoms. The Morgan fingerprint density at radius 1 is 1.35 bits per heavy atom. The Morgan fingerprint density at radius 3 is 2.60 bits per heavy atom. The zero-order valence-corrected chi connectivity index (χ0v) is 12.1. The van der Waals surface area contributed by atoms with Crippen LogP contribution in [0.4, 0.5) is 0 Å². The number of nitrogens with zero attached hydrogens (tertiary/aromatic N) is 1. The lowest BCUT2D eigenvalue weighted by Crippen LogP contribution is -2.56. The monoisotopic (exact) mass is 279 g/mol. The van der Waals surface area contributed by atoms with Crippen molar-refractivity contribution in [3.63, 3.8) is 0 Å². The molecule has 110 valence electrons. The van der Waals surface area contributed by atoms with Crippen LogP contribution in [0.25, 0.3) is 0 Å². The summed E-state index contributed by atoms with van der Waals surface area (Å²) >= 11 is 0. The van der Waals surface area contributed by atoms with E-state index >= 15 is 0 Å². The summed E-state index contributed by atoms with van der Waals surface area (Å²) in [4.78, 5) is 23.8. The molecule has 0 saturated heterocycles. The van der Waals surface area contributed by atoms with Gasteiger partial charge >= 0.3 is 5.97 Å². The second-order valence-electron chi connectivity index (χ2n) is 5.85. The van der Waals surface area contributed by atoms with Gasteiger partial charge in [-0.15, -0.1) is 0 Å². The zero-order chi connectivity index (χ0) is 14.9. The maximum absolute atomic E-state index is 12.3. The molecular weight excluding hydrogens is 258 g/mol. The number of carboxylic acid groups (broad SMARTS) is 1. The molecule has 0 aliphatic heterocycles. The van der Waals surface area contributed by atoms with E-state index in [2.05, 4.69) is 15.5 Å². The average molecular weight is 279 g/mol. The molecule has 2 rings (SSSR count). The summed E-state index contributed by atoms with van der Waals surface area (Å²) in [6.45, 7) is 5.07. The van der Waals surface area contributed by atoms with E-state index < -0.39 is 17.4 Å². The number of hydrogen-bond donors (Lipinski definition) is 3. The summed E-state index contributed by atoms with van der Waals surface area (Å²) in [5.74, 6) is -1.67. The Bertz CT molecular complexity index is 536. The molecule has 1 aromatic rings. The molecule has 0 fully saturated rings. The summed E-state index contributed by atoms with van der Waals surface area (Å²) in [6, 6.07) is 0. The summed E-state index contributed by atoms with van der Waals surface area (Å²) in [7, 11) is 0. The highest BCUT2D eigenvalue weighted by Gasteiger charge is 2.39. The predicted octanol–water partition coefficient (Wildman–Crippen LogP) is 1.52. The van der Waals surface area contributed by atoms with Crippen molar-refractivity contribution < 1.29 is 14.7 Å². The molecule has 1 heterocycles. The van der Waals surface area contributed by atoms with Crippen LogP contribution >= 0.6 is 0 Å². The first-order valence-corrected chi connectivity index (χ1v) is 6.98. The molecule has 1 amide bonds. The minimum atomic E-state index is -1.29. The van der Waals surface area contributed by atoms with Crippen LogP contribution in [0.3, 0.4) is 0 Å². The molecule has 1 aliphatic carbocycles. The molecule has 0 radical (unpaired) electrons. The number of carboxylic acids is 1. The molecular formula is C14H21N3O3. The average Bonchev–Trinajstić information content (AvgIpc) is 2.81. The Balaban J connectivity index is 2.24. The van der Waals surface area contributed by atoms with Crippen molar-refractivity contribution in [3.8, 4) is 0 Å². The van der Waals surface area contributed by atoms with Gasteiger partial charge in [-0.05, 0) is 38.5 Å². The summed E-state index contributed by atoms with van der Waals surface area (Å²) < 4.78 is 0. The van der Waals surface area contributed by atoms with E-state index in [0.29, 0.717) is 5.69 Å². The highest BCUT2D eigenvalue weighted by Crippen LogP contribution is 2.23. The van der Waals surface area contributed by atoms with Gasteiger partial charge in [0.15, 0.2) is 5.69 Å². The van der Waals surface area contributed by atoms with E-state index in [4.69, 9.17) is 0 Å².